The van der Waals surface area contributed by atoms with Gasteiger partial charge in [-0.3, -0.25) is 0 Å². The van der Waals surface area contributed by atoms with Crippen molar-refractivity contribution >= 4 is 0 Å². The van der Waals surface area contributed by atoms with Crippen molar-refractivity contribution in [2.75, 3.05) is 0 Å². The first-order valence-electron chi connectivity index (χ1n) is 6.00. The van der Waals surface area contributed by atoms with Crippen molar-refractivity contribution in [3.63, 3.8) is 0 Å². The lowest BCUT2D eigenvalue weighted by molar-refractivity contribution is -0.0336. The van der Waals surface area contributed by atoms with Crippen LogP contribution in [0.15, 0.2) is 24.3 Å². The van der Waals surface area contributed by atoms with Crippen molar-refractivity contribution in [1.29, 1.82) is 0 Å². The fraction of sp³-hybridized carbons (Fsp3) is 0.571. The molecule has 1 nitrogen and oxygen atoms in total. The van der Waals surface area contributed by atoms with E-state index in [9.17, 15) is 9.50 Å². The van der Waals surface area contributed by atoms with Crippen LogP contribution in [0.4, 0.5) is 4.39 Å². The second kappa shape index (κ2) is 4.17. The van der Waals surface area contributed by atoms with Crippen LogP contribution in [0.25, 0.3) is 0 Å². The van der Waals surface area contributed by atoms with Crippen LogP contribution in [0.3, 0.4) is 0 Å². The maximum atomic E-state index is 12.8. The summed E-state index contributed by atoms with van der Waals surface area (Å²) in [7, 11) is 0. The molecule has 1 aromatic carbocycles. The van der Waals surface area contributed by atoms with E-state index in [-0.39, 0.29) is 5.82 Å². The highest BCUT2D eigenvalue weighted by Gasteiger charge is 2.37. The Morgan fingerprint density at radius 3 is 2.38 bits per heavy atom. The van der Waals surface area contributed by atoms with Gasteiger partial charge in [-0.2, -0.15) is 0 Å². The van der Waals surface area contributed by atoms with Crippen LogP contribution in [0.5, 0.6) is 0 Å². The van der Waals surface area contributed by atoms with Gasteiger partial charge >= 0.3 is 0 Å². The van der Waals surface area contributed by atoms with Crippen molar-refractivity contribution in [2.24, 2.45) is 11.8 Å². The molecule has 0 amide bonds. The Labute approximate surface area is 96.3 Å². The average Bonchev–Trinajstić information content (AvgIpc) is 2.25. The molecule has 16 heavy (non-hydrogen) atoms. The van der Waals surface area contributed by atoms with Gasteiger partial charge in [0.15, 0.2) is 0 Å². The number of hydrogen-bond acceptors (Lipinski definition) is 1. The van der Waals surface area contributed by atoms with Gasteiger partial charge in [-0.05, 0) is 48.8 Å². The molecule has 1 aliphatic rings. The highest BCUT2D eigenvalue weighted by atomic mass is 19.1. The van der Waals surface area contributed by atoms with E-state index in [4.69, 9.17) is 0 Å². The van der Waals surface area contributed by atoms with E-state index in [0.717, 1.165) is 24.8 Å². The molecule has 3 atom stereocenters. The Kier molecular flexibility index (Phi) is 3.02. The summed E-state index contributed by atoms with van der Waals surface area (Å²) in [6.45, 7) is 4.41. The van der Waals surface area contributed by atoms with Crippen LogP contribution in [0.2, 0.25) is 0 Å². The molecule has 1 saturated carbocycles. The minimum Gasteiger partial charge on any atom is -0.385 e. The minimum absolute atomic E-state index is 0.246. The van der Waals surface area contributed by atoms with E-state index in [1.165, 1.54) is 12.1 Å². The van der Waals surface area contributed by atoms with Crippen LogP contribution >= 0.6 is 0 Å². The molecule has 0 spiro atoms. The van der Waals surface area contributed by atoms with Gasteiger partial charge in [-0.25, -0.2) is 4.39 Å². The van der Waals surface area contributed by atoms with E-state index in [2.05, 4.69) is 13.8 Å². The third kappa shape index (κ3) is 2.12. The lowest BCUT2D eigenvalue weighted by Crippen LogP contribution is -2.35. The van der Waals surface area contributed by atoms with Gasteiger partial charge in [0.1, 0.15) is 5.82 Å². The maximum Gasteiger partial charge on any atom is 0.123 e. The molecule has 0 aliphatic heterocycles. The molecule has 0 heterocycles. The number of halogens is 1. The summed E-state index contributed by atoms with van der Waals surface area (Å²) in [6, 6.07) is 6.27. The molecule has 0 aromatic heterocycles. The smallest absolute Gasteiger partial charge is 0.123 e. The molecule has 0 bridgehead atoms. The van der Waals surface area contributed by atoms with Gasteiger partial charge in [-0.1, -0.05) is 26.0 Å². The Morgan fingerprint density at radius 1 is 1.19 bits per heavy atom. The predicted molar refractivity (Wildman–Crippen MR) is 62.5 cm³/mol. The normalized spacial score (nSPS) is 35.0. The molecule has 2 rings (SSSR count). The maximum absolute atomic E-state index is 12.8. The zero-order valence-corrected chi connectivity index (χ0v) is 9.91. The third-order valence-electron chi connectivity index (χ3n) is 4.03. The molecular weight excluding hydrogens is 203 g/mol. The Balaban J connectivity index is 2.22. The lowest BCUT2D eigenvalue weighted by atomic mass is 9.70. The molecule has 0 saturated heterocycles. The second-order valence-corrected chi connectivity index (χ2v) is 5.24. The SMILES string of the molecule is CC1CCC(O)(c2ccc(F)cc2)CC1C. The van der Waals surface area contributed by atoms with Gasteiger partial charge in [0.2, 0.25) is 0 Å². The largest absolute Gasteiger partial charge is 0.385 e. The Morgan fingerprint density at radius 2 is 1.81 bits per heavy atom. The van der Waals surface area contributed by atoms with Crippen molar-refractivity contribution < 1.29 is 9.50 Å². The first kappa shape index (κ1) is 11.6. The lowest BCUT2D eigenvalue weighted by Gasteiger charge is -2.39. The Hall–Kier alpha value is -0.890. The van der Waals surface area contributed by atoms with Crippen LogP contribution in [0, 0.1) is 17.7 Å². The summed E-state index contributed by atoms with van der Waals surface area (Å²) in [5.74, 6) is 0.939. The highest BCUT2D eigenvalue weighted by molar-refractivity contribution is 5.23. The van der Waals surface area contributed by atoms with Crippen LogP contribution in [-0.2, 0) is 5.60 Å². The molecule has 1 aromatic rings. The van der Waals surface area contributed by atoms with Crippen LogP contribution in [0.1, 0.15) is 38.7 Å². The minimum atomic E-state index is -0.750. The van der Waals surface area contributed by atoms with Gasteiger partial charge in [-0.15, -0.1) is 0 Å². The summed E-state index contributed by atoms with van der Waals surface area (Å²) >= 11 is 0. The number of rotatable bonds is 1. The number of aliphatic hydroxyl groups is 1. The van der Waals surface area contributed by atoms with E-state index in [0.29, 0.717) is 11.8 Å². The summed E-state index contributed by atoms with van der Waals surface area (Å²) in [5, 5.41) is 10.6. The van der Waals surface area contributed by atoms with Crippen molar-refractivity contribution in [2.45, 2.75) is 38.7 Å². The standard InChI is InChI=1S/C14H19FO/c1-10-7-8-14(16,9-11(10)2)12-3-5-13(15)6-4-12/h3-6,10-11,16H,7-9H2,1-2H3. The van der Waals surface area contributed by atoms with E-state index in [1.54, 1.807) is 12.1 Å². The number of benzene rings is 1. The fourth-order valence-electron chi connectivity index (χ4n) is 2.61. The third-order valence-corrected chi connectivity index (χ3v) is 4.03. The zero-order chi connectivity index (χ0) is 11.8. The Bertz CT molecular complexity index is 360. The molecular formula is C14H19FO. The zero-order valence-electron chi connectivity index (χ0n) is 9.91. The van der Waals surface area contributed by atoms with Crippen molar-refractivity contribution in [1.82, 2.24) is 0 Å². The molecule has 0 radical (unpaired) electrons. The average molecular weight is 222 g/mol. The van der Waals surface area contributed by atoms with Crippen molar-refractivity contribution in [3.8, 4) is 0 Å². The van der Waals surface area contributed by atoms with E-state index >= 15 is 0 Å². The molecule has 1 fully saturated rings. The molecule has 3 unspecified atom stereocenters. The van der Waals surface area contributed by atoms with Crippen LogP contribution in [-0.4, -0.2) is 5.11 Å². The molecule has 88 valence electrons. The quantitative estimate of drug-likeness (QED) is 0.771. The van der Waals surface area contributed by atoms with Gasteiger partial charge in [0.05, 0.1) is 5.60 Å². The van der Waals surface area contributed by atoms with E-state index in [1.807, 2.05) is 0 Å². The summed E-state index contributed by atoms with van der Waals surface area (Å²) < 4.78 is 12.8. The highest BCUT2D eigenvalue weighted by Crippen LogP contribution is 2.42. The molecule has 2 heteroatoms. The van der Waals surface area contributed by atoms with Gasteiger partial charge < -0.3 is 5.11 Å². The summed E-state index contributed by atoms with van der Waals surface area (Å²) in [4.78, 5) is 0. The van der Waals surface area contributed by atoms with Crippen LogP contribution < -0.4 is 0 Å². The summed E-state index contributed by atoms with van der Waals surface area (Å²) in [6.07, 6.45) is 2.60. The monoisotopic (exact) mass is 222 g/mol. The number of hydrogen-bond donors (Lipinski definition) is 1. The van der Waals surface area contributed by atoms with Crippen molar-refractivity contribution in [3.05, 3.63) is 35.6 Å². The first-order valence-corrected chi connectivity index (χ1v) is 6.00. The fourth-order valence-corrected chi connectivity index (χ4v) is 2.61. The summed E-state index contributed by atoms with van der Waals surface area (Å²) in [5.41, 5.74) is 0.104. The second-order valence-electron chi connectivity index (χ2n) is 5.24. The van der Waals surface area contributed by atoms with Gasteiger partial charge in [0, 0.05) is 0 Å². The first-order chi connectivity index (χ1) is 7.51. The topological polar surface area (TPSA) is 20.2 Å². The molecule has 1 N–H and O–H groups in total. The molecule has 1 aliphatic carbocycles. The predicted octanol–water partition coefficient (Wildman–Crippen LogP) is 3.47. The van der Waals surface area contributed by atoms with E-state index < -0.39 is 5.60 Å². The van der Waals surface area contributed by atoms with Gasteiger partial charge in [0.25, 0.3) is 0 Å².